The first-order valence-corrected chi connectivity index (χ1v) is 13.4. The van der Waals surface area contributed by atoms with Gasteiger partial charge in [-0.15, -0.1) is 10.2 Å². The predicted octanol–water partition coefficient (Wildman–Crippen LogP) is 3.75. The molecule has 1 aliphatic heterocycles. The molecule has 4 aromatic rings. The molecule has 1 fully saturated rings. The number of anilines is 3. The number of aryl methyl sites for hydroxylation is 1. The van der Waals surface area contributed by atoms with Gasteiger partial charge in [-0.3, -0.25) is 4.40 Å². The van der Waals surface area contributed by atoms with Gasteiger partial charge >= 0.3 is 0 Å². The Morgan fingerprint density at radius 3 is 2.49 bits per heavy atom. The first kappa shape index (κ1) is 23.2. The molecule has 0 radical (unpaired) electrons. The molecule has 0 spiro atoms. The largest absolute Gasteiger partial charge is 0.350 e. The Morgan fingerprint density at radius 2 is 1.83 bits per heavy atom. The van der Waals surface area contributed by atoms with Crippen LogP contribution in [0.4, 0.5) is 21.7 Å². The molecule has 0 bridgehead atoms. The van der Waals surface area contributed by atoms with Crippen molar-refractivity contribution in [3.05, 3.63) is 66.1 Å². The standard InChI is InChI=1S/C24H26FN7O2S/c1-3-16-14-26-24(27-15-16)31-11-8-17(9-12-31)22-29-30-23-21(5-4-10-32(22)23)28-20-7-6-18(13-19(20)25)35(2,33)34/h4-7,10,13-15,17,28H,3,8-9,11-12H2,1-2H3. The lowest BCUT2D eigenvalue weighted by Crippen LogP contribution is -2.34. The molecule has 35 heavy (non-hydrogen) atoms. The summed E-state index contributed by atoms with van der Waals surface area (Å²) in [5, 5.41) is 11.9. The van der Waals surface area contributed by atoms with Crippen molar-refractivity contribution >= 4 is 32.8 Å². The van der Waals surface area contributed by atoms with Gasteiger partial charge in [0.05, 0.1) is 16.3 Å². The minimum atomic E-state index is -3.49. The van der Waals surface area contributed by atoms with Crippen molar-refractivity contribution in [1.29, 1.82) is 0 Å². The van der Waals surface area contributed by atoms with Crippen LogP contribution in [-0.4, -0.2) is 52.3 Å². The zero-order chi connectivity index (χ0) is 24.6. The zero-order valence-electron chi connectivity index (χ0n) is 19.5. The van der Waals surface area contributed by atoms with Crippen LogP contribution in [0.5, 0.6) is 0 Å². The van der Waals surface area contributed by atoms with E-state index in [4.69, 9.17) is 0 Å². The third-order valence-electron chi connectivity index (χ3n) is 6.34. The molecule has 5 rings (SSSR count). The third-order valence-corrected chi connectivity index (χ3v) is 7.45. The fraction of sp³-hybridized carbons (Fsp3) is 0.333. The molecule has 0 amide bonds. The van der Waals surface area contributed by atoms with E-state index in [1.807, 2.05) is 29.1 Å². The van der Waals surface area contributed by atoms with E-state index in [0.29, 0.717) is 11.3 Å². The summed E-state index contributed by atoms with van der Waals surface area (Å²) in [7, 11) is -3.49. The Bertz CT molecular complexity index is 1460. The van der Waals surface area contributed by atoms with E-state index in [1.165, 1.54) is 12.1 Å². The summed E-state index contributed by atoms with van der Waals surface area (Å²) in [5.74, 6) is 1.18. The smallest absolute Gasteiger partial charge is 0.225 e. The van der Waals surface area contributed by atoms with Crippen LogP contribution in [0.3, 0.4) is 0 Å². The quantitative estimate of drug-likeness (QED) is 0.431. The Morgan fingerprint density at radius 1 is 1.09 bits per heavy atom. The highest BCUT2D eigenvalue weighted by Gasteiger charge is 2.26. The monoisotopic (exact) mass is 495 g/mol. The van der Waals surface area contributed by atoms with Gasteiger partial charge in [0.15, 0.2) is 15.5 Å². The minimum Gasteiger partial charge on any atom is -0.350 e. The number of benzene rings is 1. The van der Waals surface area contributed by atoms with Crippen LogP contribution >= 0.6 is 0 Å². The van der Waals surface area contributed by atoms with Crippen LogP contribution in [-0.2, 0) is 16.3 Å². The van der Waals surface area contributed by atoms with Crippen molar-refractivity contribution in [2.24, 2.45) is 0 Å². The number of nitrogens with zero attached hydrogens (tertiary/aromatic N) is 6. The molecule has 4 heterocycles. The lowest BCUT2D eigenvalue weighted by molar-refractivity contribution is 0.477. The van der Waals surface area contributed by atoms with E-state index in [-0.39, 0.29) is 16.5 Å². The summed E-state index contributed by atoms with van der Waals surface area (Å²) in [5.41, 5.74) is 2.45. The van der Waals surface area contributed by atoms with Gasteiger partial charge in [-0.25, -0.2) is 22.8 Å². The fourth-order valence-electron chi connectivity index (χ4n) is 4.31. The number of hydrogen-bond donors (Lipinski definition) is 1. The van der Waals surface area contributed by atoms with Gasteiger partial charge in [-0.1, -0.05) is 6.92 Å². The number of halogens is 1. The second-order valence-corrected chi connectivity index (χ2v) is 10.7. The van der Waals surface area contributed by atoms with E-state index >= 15 is 0 Å². The Hall–Kier alpha value is -3.60. The lowest BCUT2D eigenvalue weighted by Gasteiger charge is -2.31. The van der Waals surface area contributed by atoms with Crippen LogP contribution in [0.1, 0.15) is 37.1 Å². The van der Waals surface area contributed by atoms with Crippen LogP contribution < -0.4 is 10.2 Å². The summed E-state index contributed by atoms with van der Waals surface area (Å²) < 4.78 is 39.9. The SMILES string of the molecule is CCc1cnc(N2CCC(c3nnc4c(Nc5ccc(S(C)(=O)=O)cc5F)cccn34)CC2)nc1. The molecule has 1 saturated heterocycles. The molecule has 0 saturated carbocycles. The molecule has 9 nitrogen and oxygen atoms in total. The molecule has 1 aromatic carbocycles. The summed E-state index contributed by atoms with van der Waals surface area (Å²) >= 11 is 0. The predicted molar refractivity (Wildman–Crippen MR) is 131 cm³/mol. The maximum Gasteiger partial charge on any atom is 0.225 e. The van der Waals surface area contributed by atoms with Crippen LogP contribution in [0.15, 0.2) is 53.8 Å². The van der Waals surface area contributed by atoms with Gasteiger partial charge in [0.2, 0.25) is 5.95 Å². The number of piperidine rings is 1. The molecule has 0 aliphatic carbocycles. The average molecular weight is 496 g/mol. The Kier molecular flexibility index (Phi) is 6.10. The molecule has 1 aliphatic rings. The second-order valence-electron chi connectivity index (χ2n) is 8.72. The number of pyridine rings is 1. The van der Waals surface area contributed by atoms with E-state index in [9.17, 15) is 12.8 Å². The highest BCUT2D eigenvalue weighted by atomic mass is 32.2. The minimum absolute atomic E-state index is 0.0680. The average Bonchev–Trinajstić information content (AvgIpc) is 3.30. The summed E-state index contributed by atoms with van der Waals surface area (Å²) in [4.78, 5) is 11.1. The van der Waals surface area contributed by atoms with Gasteiger partial charge < -0.3 is 10.2 Å². The molecule has 1 N–H and O–H groups in total. The van der Waals surface area contributed by atoms with Gasteiger partial charge in [0.1, 0.15) is 11.6 Å². The van der Waals surface area contributed by atoms with Crippen molar-refractivity contribution < 1.29 is 12.8 Å². The first-order valence-electron chi connectivity index (χ1n) is 11.5. The van der Waals surface area contributed by atoms with E-state index in [2.05, 4.69) is 37.3 Å². The van der Waals surface area contributed by atoms with Crippen LogP contribution in [0.2, 0.25) is 0 Å². The molecule has 3 aromatic heterocycles. The van der Waals surface area contributed by atoms with Crippen molar-refractivity contribution in [2.45, 2.75) is 37.0 Å². The Balaban J connectivity index is 1.34. The van der Waals surface area contributed by atoms with Crippen LogP contribution in [0, 0.1) is 5.82 Å². The number of hydrogen-bond acceptors (Lipinski definition) is 8. The molecule has 182 valence electrons. The highest BCUT2D eigenvalue weighted by Crippen LogP contribution is 2.31. The van der Waals surface area contributed by atoms with Crippen molar-refractivity contribution in [2.75, 3.05) is 29.6 Å². The van der Waals surface area contributed by atoms with Gasteiger partial charge in [0.25, 0.3) is 0 Å². The molecule has 11 heteroatoms. The normalized spacial score (nSPS) is 15.0. The molecule has 0 unspecified atom stereocenters. The van der Waals surface area contributed by atoms with Crippen LogP contribution in [0.25, 0.3) is 5.65 Å². The number of fused-ring (bicyclic) bond motifs is 1. The number of rotatable bonds is 6. The molecule has 0 atom stereocenters. The molecular weight excluding hydrogens is 469 g/mol. The topological polar surface area (TPSA) is 105 Å². The summed E-state index contributed by atoms with van der Waals surface area (Å²) in [6.45, 7) is 3.72. The number of aromatic nitrogens is 5. The number of nitrogens with one attached hydrogen (secondary N) is 1. The van der Waals surface area contributed by atoms with Gasteiger partial charge in [0, 0.05) is 43.9 Å². The number of sulfone groups is 1. The van der Waals surface area contributed by atoms with Gasteiger partial charge in [-0.05, 0) is 55.2 Å². The Labute approximate surface area is 203 Å². The van der Waals surface area contributed by atoms with Crippen molar-refractivity contribution in [1.82, 2.24) is 24.6 Å². The summed E-state index contributed by atoms with van der Waals surface area (Å²) in [6, 6.07) is 7.45. The summed E-state index contributed by atoms with van der Waals surface area (Å²) in [6.07, 6.45) is 9.40. The first-order chi connectivity index (χ1) is 16.8. The third kappa shape index (κ3) is 4.68. The fourth-order valence-corrected chi connectivity index (χ4v) is 4.95. The maximum atomic E-state index is 14.6. The van der Waals surface area contributed by atoms with Crippen molar-refractivity contribution in [3.8, 4) is 0 Å². The van der Waals surface area contributed by atoms with E-state index in [1.54, 1.807) is 6.07 Å². The van der Waals surface area contributed by atoms with E-state index < -0.39 is 15.7 Å². The zero-order valence-corrected chi connectivity index (χ0v) is 20.3. The second kappa shape index (κ2) is 9.21. The highest BCUT2D eigenvalue weighted by molar-refractivity contribution is 7.90. The van der Waals surface area contributed by atoms with E-state index in [0.717, 1.165) is 62.0 Å². The molecular formula is C24H26FN7O2S. The van der Waals surface area contributed by atoms with Gasteiger partial charge in [-0.2, -0.15) is 0 Å². The lowest BCUT2D eigenvalue weighted by atomic mass is 9.96. The van der Waals surface area contributed by atoms with Crippen molar-refractivity contribution in [3.63, 3.8) is 0 Å². The maximum absolute atomic E-state index is 14.6.